The molecule has 3 rings (SSSR count). The molecule has 0 aromatic carbocycles. The van der Waals surface area contributed by atoms with Crippen LogP contribution in [0.15, 0.2) is 0 Å². The summed E-state index contributed by atoms with van der Waals surface area (Å²) in [7, 11) is -2.61. The van der Waals surface area contributed by atoms with E-state index in [1.54, 1.807) is 12.1 Å². The van der Waals surface area contributed by atoms with Crippen LogP contribution in [0, 0.1) is 0 Å². The smallest absolute Gasteiger partial charge is 0.0413 e. The molecule has 0 amide bonds. The molecule has 0 aromatic rings. The predicted molar refractivity (Wildman–Crippen MR) is 77.4 cm³/mol. The van der Waals surface area contributed by atoms with Crippen molar-refractivity contribution >= 4 is 30.4 Å². The molecule has 0 radical (unpaired) electrons. The van der Waals surface area contributed by atoms with Crippen LogP contribution in [0.25, 0.3) is 0 Å². The first-order valence-corrected chi connectivity index (χ1v) is 20.4. The summed E-state index contributed by atoms with van der Waals surface area (Å²) in [6, 6.07) is 3.55. The highest BCUT2D eigenvalue weighted by molar-refractivity contribution is 7.62. The Morgan fingerprint density at radius 3 is 1.07 bits per heavy atom. The molecule has 0 atom stereocenters. The van der Waals surface area contributed by atoms with Crippen molar-refractivity contribution < 1.29 is 0 Å². The number of rotatable bonds is 2. The maximum Gasteiger partial charge on any atom is 0.0413 e. The Kier molecular flexibility index (Phi) is 2.23. The molecule has 3 heterocycles. The maximum absolute atomic E-state index is 2.67. The van der Waals surface area contributed by atoms with E-state index < -0.39 is 30.4 Å². The average molecular weight is 259 g/mol. The molecule has 0 unspecified atom stereocenters. The first-order valence-electron chi connectivity index (χ1n) is 6.12. The van der Waals surface area contributed by atoms with Gasteiger partial charge >= 0.3 is 0 Å². The lowest BCUT2D eigenvalue weighted by molar-refractivity contribution is 1.43. The number of hydrogen-bond acceptors (Lipinski definition) is 0. The molecular weight excluding hydrogens is 232 g/mol. The summed E-state index contributed by atoms with van der Waals surface area (Å²) in [5, 5.41) is 0. The van der Waals surface area contributed by atoms with E-state index in [2.05, 4.69) is 39.3 Å². The monoisotopic (exact) mass is 258 g/mol. The van der Waals surface area contributed by atoms with E-state index >= 15 is 0 Å². The Bertz CT molecular complexity index is 226. The minimum absolute atomic E-state index is 0.591. The predicted octanol–water partition coefficient (Wildman–Crippen LogP) is 3.82. The fourth-order valence-corrected chi connectivity index (χ4v) is 71.7. The fraction of sp³-hybridized carbons (Fsp3) is 1.00. The molecule has 0 spiro atoms. The van der Waals surface area contributed by atoms with Crippen molar-refractivity contribution in [1.29, 1.82) is 0 Å². The second-order valence-corrected chi connectivity index (χ2v) is 41.2. The first kappa shape index (κ1) is 11.4. The lowest BCUT2D eigenvalue weighted by atomic mass is 11.0. The standard InChI is InChI=1S/C10H26Si4/c1-11(2,3)13-7-8-14(9-13,10-13)12(4,5)6/h7-10H2,1-6H3. The van der Waals surface area contributed by atoms with Crippen LogP contribution in [-0.2, 0) is 0 Å². The van der Waals surface area contributed by atoms with Gasteiger partial charge in [-0.1, -0.05) is 62.7 Å². The molecule has 0 saturated carbocycles. The third-order valence-electron chi connectivity index (χ3n) is 5.62. The van der Waals surface area contributed by atoms with Gasteiger partial charge in [0.25, 0.3) is 0 Å². The molecule has 2 bridgehead atoms. The number of hydrogen-bond donors (Lipinski definition) is 0. The Morgan fingerprint density at radius 1 is 0.643 bits per heavy atom. The molecule has 4 heteroatoms. The zero-order chi connectivity index (χ0) is 10.8. The van der Waals surface area contributed by atoms with Gasteiger partial charge in [-0.25, -0.2) is 0 Å². The maximum atomic E-state index is 2.67. The van der Waals surface area contributed by atoms with Crippen molar-refractivity contribution in [1.82, 2.24) is 0 Å². The van der Waals surface area contributed by atoms with Gasteiger partial charge in [0.05, 0.1) is 0 Å². The second-order valence-electron chi connectivity index (χ2n) is 7.91. The Balaban J connectivity index is 2.20. The third kappa shape index (κ3) is 1.26. The summed E-state index contributed by atoms with van der Waals surface area (Å²) in [5.74, 6) is 0. The van der Waals surface area contributed by atoms with Gasteiger partial charge in [0.1, 0.15) is 0 Å². The van der Waals surface area contributed by atoms with Crippen LogP contribution < -0.4 is 0 Å². The fourth-order valence-electron chi connectivity index (χ4n) is 3.89. The Hall–Kier alpha value is 0.868. The molecule has 3 aliphatic rings. The van der Waals surface area contributed by atoms with Crippen LogP contribution >= 0.6 is 0 Å². The molecule has 0 N–H and O–H groups in total. The first-order chi connectivity index (χ1) is 6.12. The molecule has 0 aromatic heterocycles. The third-order valence-corrected chi connectivity index (χ3v) is 52.7. The normalized spacial score (nSPS) is 42.4. The van der Waals surface area contributed by atoms with Crippen molar-refractivity contribution in [3.8, 4) is 0 Å². The van der Waals surface area contributed by atoms with Gasteiger partial charge in [-0.15, -0.1) is 0 Å². The molecule has 3 aliphatic heterocycles. The van der Waals surface area contributed by atoms with Crippen LogP contribution in [-0.4, -0.2) is 30.4 Å². The highest BCUT2D eigenvalue weighted by Gasteiger charge is 2.70. The lowest BCUT2D eigenvalue weighted by Gasteiger charge is -2.56. The van der Waals surface area contributed by atoms with Crippen molar-refractivity contribution in [3.05, 3.63) is 0 Å². The van der Waals surface area contributed by atoms with Crippen LogP contribution in [0.2, 0.25) is 62.7 Å². The summed E-state index contributed by atoms with van der Waals surface area (Å²) < 4.78 is 0. The summed E-state index contributed by atoms with van der Waals surface area (Å²) in [6.45, 7) is 16.0. The lowest BCUT2D eigenvalue weighted by Crippen LogP contribution is -2.73. The van der Waals surface area contributed by atoms with Gasteiger partial charge in [0.2, 0.25) is 0 Å². The molecule has 14 heavy (non-hydrogen) atoms. The summed E-state index contributed by atoms with van der Waals surface area (Å²) in [4.78, 5) is 0. The van der Waals surface area contributed by atoms with E-state index in [-0.39, 0.29) is 0 Å². The van der Waals surface area contributed by atoms with Crippen LogP contribution in [0.1, 0.15) is 0 Å². The van der Waals surface area contributed by atoms with Crippen molar-refractivity contribution in [3.63, 3.8) is 0 Å². The zero-order valence-electron chi connectivity index (χ0n) is 10.8. The van der Waals surface area contributed by atoms with Gasteiger partial charge in [0.15, 0.2) is 0 Å². The van der Waals surface area contributed by atoms with Gasteiger partial charge in [-0.3, -0.25) is 0 Å². The minimum atomic E-state index is -0.712. The summed E-state index contributed by atoms with van der Waals surface area (Å²) >= 11 is 0. The van der Waals surface area contributed by atoms with Crippen molar-refractivity contribution in [2.75, 3.05) is 0 Å². The highest BCUT2D eigenvalue weighted by Crippen LogP contribution is 2.61. The van der Waals surface area contributed by atoms with E-state index in [1.165, 1.54) is 0 Å². The molecule has 0 nitrogen and oxygen atoms in total. The van der Waals surface area contributed by atoms with Crippen molar-refractivity contribution in [2.45, 2.75) is 62.7 Å². The average Bonchev–Trinajstić information content (AvgIpc) is 2.31. The Morgan fingerprint density at radius 2 is 0.929 bits per heavy atom. The Labute approximate surface area is 93.1 Å². The van der Waals surface area contributed by atoms with E-state index in [4.69, 9.17) is 0 Å². The zero-order valence-corrected chi connectivity index (χ0v) is 14.8. The van der Waals surface area contributed by atoms with Crippen molar-refractivity contribution in [2.24, 2.45) is 0 Å². The molecule has 3 saturated heterocycles. The van der Waals surface area contributed by atoms with Gasteiger partial charge < -0.3 is 0 Å². The quantitative estimate of drug-likeness (QED) is 0.661. The highest BCUT2D eigenvalue weighted by atomic mass is 29.3. The summed E-state index contributed by atoms with van der Waals surface area (Å²) in [5.41, 5.74) is 3.79. The van der Waals surface area contributed by atoms with Crippen LogP contribution in [0.4, 0.5) is 0 Å². The molecule has 3 fully saturated rings. The van der Waals surface area contributed by atoms with Crippen LogP contribution in [0.3, 0.4) is 0 Å². The van der Waals surface area contributed by atoms with Gasteiger partial charge in [-0.2, -0.15) is 0 Å². The number of fused-ring (bicyclic) bond motifs is 1. The summed E-state index contributed by atoms with van der Waals surface area (Å²) in [6.07, 6.45) is 0. The molecular formula is C10H26Si4. The largest absolute Gasteiger partial charge is 0.0715 e. The van der Waals surface area contributed by atoms with E-state index in [1.807, 2.05) is 11.3 Å². The van der Waals surface area contributed by atoms with E-state index in [9.17, 15) is 0 Å². The SMILES string of the molecule is C[Si](C)(C)[Si]12CC[Si]([Si](C)(C)C)(C1)C2. The molecule has 0 aliphatic carbocycles. The second kappa shape index (κ2) is 2.76. The van der Waals surface area contributed by atoms with Gasteiger partial charge in [0, 0.05) is 30.4 Å². The minimum Gasteiger partial charge on any atom is -0.0715 e. The van der Waals surface area contributed by atoms with E-state index in [0.29, 0.717) is 0 Å². The topological polar surface area (TPSA) is 0 Å². The van der Waals surface area contributed by atoms with Gasteiger partial charge in [-0.05, 0) is 0 Å². The molecule has 82 valence electrons. The van der Waals surface area contributed by atoms with Crippen LogP contribution in [0.5, 0.6) is 0 Å². The van der Waals surface area contributed by atoms with E-state index in [0.717, 1.165) is 0 Å².